The number of pyridine rings is 1. The molecule has 3 rings (SSSR count). The summed E-state index contributed by atoms with van der Waals surface area (Å²) in [7, 11) is 1.57. The highest BCUT2D eigenvalue weighted by Crippen LogP contribution is 2.28. The molecule has 0 bridgehead atoms. The number of nitrogens with zero attached hydrogens (tertiary/aromatic N) is 3. The molecule has 1 saturated heterocycles. The predicted molar refractivity (Wildman–Crippen MR) is 117 cm³/mol. The van der Waals surface area contributed by atoms with E-state index in [1.807, 2.05) is 11.8 Å². The zero-order chi connectivity index (χ0) is 22.7. The van der Waals surface area contributed by atoms with Gasteiger partial charge in [-0.3, -0.25) is 4.79 Å². The number of aryl methyl sites for hydroxylation is 1. The number of hydrogen-bond acceptors (Lipinski definition) is 7. The SMILES string of the molecule is CCc1[nH]c(C(=O)C(=N)CC2CCN(c3cc(C(=O)O)cc(Cl)n3)C[C@@H]2OC)nc1Cl. The fourth-order valence-corrected chi connectivity index (χ4v) is 4.14. The first kappa shape index (κ1) is 23.2. The molecule has 1 aliphatic rings. The molecule has 9 nitrogen and oxygen atoms in total. The van der Waals surface area contributed by atoms with Crippen molar-refractivity contribution in [2.45, 2.75) is 32.3 Å². The van der Waals surface area contributed by atoms with Crippen LogP contribution in [0, 0.1) is 11.3 Å². The van der Waals surface area contributed by atoms with Crippen LogP contribution < -0.4 is 4.90 Å². The first-order valence-electron chi connectivity index (χ1n) is 9.78. The smallest absolute Gasteiger partial charge is 0.335 e. The maximum absolute atomic E-state index is 12.6. The molecule has 3 heterocycles. The minimum Gasteiger partial charge on any atom is -0.478 e. The summed E-state index contributed by atoms with van der Waals surface area (Å²) >= 11 is 12.0. The number of carboxylic acids is 1. The molecule has 2 aromatic rings. The van der Waals surface area contributed by atoms with Crippen LogP contribution in [0.15, 0.2) is 12.1 Å². The maximum Gasteiger partial charge on any atom is 0.335 e. The summed E-state index contributed by atoms with van der Waals surface area (Å²) in [4.78, 5) is 37.0. The largest absolute Gasteiger partial charge is 0.478 e. The Morgan fingerprint density at radius 3 is 2.71 bits per heavy atom. The van der Waals surface area contributed by atoms with Gasteiger partial charge >= 0.3 is 5.97 Å². The number of Topliss-reactive ketones (excluding diaryl/α,β-unsaturated/α-hetero) is 1. The quantitative estimate of drug-likeness (QED) is 0.307. The maximum atomic E-state index is 12.6. The number of aromatic nitrogens is 3. The van der Waals surface area contributed by atoms with Crippen LogP contribution in [0.4, 0.5) is 5.82 Å². The number of anilines is 1. The first-order chi connectivity index (χ1) is 14.7. The van der Waals surface area contributed by atoms with E-state index in [9.17, 15) is 14.7 Å². The first-order valence-corrected chi connectivity index (χ1v) is 10.5. The molecule has 31 heavy (non-hydrogen) atoms. The van der Waals surface area contributed by atoms with Crippen LogP contribution in [0.2, 0.25) is 10.3 Å². The third-order valence-electron chi connectivity index (χ3n) is 5.39. The lowest BCUT2D eigenvalue weighted by Gasteiger charge is -2.38. The van der Waals surface area contributed by atoms with Gasteiger partial charge in [0.05, 0.1) is 23.1 Å². The molecular weight excluding hydrogens is 445 g/mol. The Balaban J connectivity index is 1.69. The second-order valence-corrected chi connectivity index (χ2v) is 8.08. The van der Waals surface area contributed by atoms with Crippen molar-refractivity contribution in [3.8, 4) is 0 Å². The van der Waals surface area contributed by atoms with E-state index in [0.717, 1.165) is 0 Å². The van der Waals surface area contributed by atoms with E-state index in [1.165, 1.54) is 12.1 Å². The number of carboxylic acid groups (broad SMARTS) is 1. The van der Waals surface area contributed by atoms with Crippen LogP contribution in [-0.4, -0.2) is 63.8 Å². The lowest BCUT2D eigenvalue weighted by atomic mass is 9.87. The number of piperidine rings is 1. The third-order valence-corrected chi connectivity index (χ3v) is 5.89. The van der Waals surface area contributed by atoms with Crippen molar-refractivity contribution < 1.29 is 19.4 Å². The van der Waals surface area contributed by atoms with E-state index < -0.39 is 11.8 Å². The van der Waals surface area contributed by atoms with Crippen molar-refractivity contribution in [2.24, 2.45) is 5.92 Å². The van der Waals surface area contributed by atoms with Crippen molar-refractivity contribution in [1.82, 2.24) is 15.0 Å². The van der Waals surface area contributed by atoms with Crippen molar-refractivity contribution in [2.75, 3.05) is 25.1 Å². The van der Waals surface area contributed by atoms with Gasteiger partial charge in [-0.1, -0.05) is 30.1 Å². The molecule has 0 aromatic carbocycles. The molecule has 1 fully saturated rings. The van der Waals surface area contributed by atoms with Gasteiger partial charge in [-0.2, -0.15) is 0 Å². The highest BCUT2D eigenvalue weighted by molar-refractivity contribution is 6.44. The van der Waals surface area contributed by atoms with Gasteiger partial charge in [0.1, 0.15) is 11.0 Å². The number of H-pyrrole nitrogens is 1. The van der Waals surface area contributed by atoms with E-state index in [1.54, 1.807) is 7.11 Å². The van der Waals surface area contributed by atoms with E-state index >= 15 is 0 Å². The lowest BCUT2D eigenvalue weighted by Crippen LogP contribution is -2.46. The zero-order valence-corrected chi connectivity index (χ0v) is 18.6. The van der Waals surface area contributed by atoms with E-state index in [0.29, 0.717) is 37.4 Å². The third kappa shape index (κ3) is 5.23. The highest BCUT2D eigenvalue weighted by Gasteiger charge is 2.33. The Bertz CT molecular complexity index is 1010. The number of ether oxygens (including phenoxy) is 1. The number of halogens is 2. The number of carbonyl (C=O) groups is 2. The molecular formula is C20H23Cl2N5O4. The summed E-state index contributed by atoms with van der Waals surface area (Å²) in [5, 5.41) is 17.9. The molecule has 2 aromatic heterocycles. The number of rotatable bonds is 8. The van der Waals surface area contributed by atoms with E-state index in [4.69, 9.17) is 33.3 Å². The number of carbonyl (C=O) groups excluding carboxylic acids is 1. The summed E-state index contributed by atoms with van der Waals surface area (Å²) in [5.41, 5.74) is 0.653. The number of aromatic amines is 1. The van der Waals surface area contributed by atoms with Crippen LogP contribution in [0.1, 0.15) is 46.4 Å². The van der Waals surface area contributed by atoms with Gasteiger partial charge < -0.3 is 25.1 Å². The molecule has 0 saturated carbocycles. The van der Waals surface area contributed by atoms with Crippen molar-refractivity contribution in [3.05, 3.63) is 39.5 Å². The molecule has 0 spiro atoms. The van der Waals surface area contributed by atoms with Gasteiger partial charge in [0.2, 0.25) is 5.78 Å². The normalized spacial score (nSPS) is 18.8. The second-order valence-electron chi connectivity index (χ2n) is 7.33. The number of imidazole rings is 1. The summed E-state index contributed by atoms with van der Waals surface area (Å²) in [6.07, 6.45) is 1.19. The van der Waals surface area contributed by atoms with Crippen LogP contribution in [0.3, 0.4) is 0 Å². The number of ketones is 1. The van der Waals surface area contributed by atoms with Gasteiger partial charge in [-0.05, 0) is 37.3 Å². The van der Waals surface area contributed by atoms with E-state index in [2.05, 4.69) is 15.0 Å². The fourth-order valence-electron chi connectivity index (χ4n) is 3.67. The Kier molecular flexibility index (Phi) is 7.30. The summed E-state index contributed by atoms with van der Waals surface area (Å²) in [6.45, 7) is 2.89. The Labute approximate surface area is 189 Å². The Hall–Kier alpha value is -2.49. The molecule has 2 atom stereocenters. The number of nitrogens with one attached hydrogen (secondary N) is 2. The second kappa shape index (κ2) is 9.76. The fraction of sp³-hybridized carbons (Fsp3) is 0.450. The minimum atomic E-state index is -1.08. The molecule has 3 N–H and O–H groups in total. The van der Waals surface area contributed by atoms with Crippen molar-refractivity contribution in [1.29, 1.82) is 5.41 Å². The lowest BCUT2D eigenvalue weighted by molar-refractivity contribution is 0.0448. The van der Waals surface area contributed by atoms with Gasteiger partial charge in [0, 0.05) is 20.2 Å². The monoisotopic (exact) mass is 467 g/mol. The number of aromatic carboxylic acids is 1. The highest BCUT2D eigenvalue weighted by atomic mass is 35.5. The zero-order valence-electron chi connectivity index (χ0n) is 17.1. The average molecular weight is 468 g/mol. The summed E-state index contributed by atoms with van der Waals surface area (Å²) < 4.78 is 5.62. The standard InChI is InChI=1S/C20H23Cl2N5O4/c1-3-13-18(22)26-19(24-13)17(28)12(23)6-10-4-5-27(9-14(10)31-2)16-8-11(20(29)30)7-15(21)25-16/h7-8,10,14,23H,3-6,9H2,1-2H3,(H,24,26)(H,29,30)/t10?,14-/m0/s1. The molecule has 0 aliphatic carbocycles. The van der Waals surface area contributed by atoms with Crippen molar-refractivity contribution in [3.63, 3.8) is 0 Å². The molecule has 1 unspecified atom stereocenters. The molecule has 1 aliphatic heterocycles. The molecule has 166 valence electrons. The Morgan fingerprint density at radius 1 is 1.35 bits per heavy atom. The van der Waals surface area contributed by atoms with Gasteiger partial charge in [0.25, 0.3) is 0 Å². The van der Waals surface area contributed by atoms with E-state index in [-0.39, 0.29) is 45.8 Å². The molecule has 0 radical (unpaired) electrons. The topological polar surface area (TPSA) is 132 Å². The molecule has 11 heteroatoms. The number of methoxy groups -OCH3 is 1. The van der Waals surface area contributed by atoms with Crippen LogP contribution in [0.5, 0.6) is 0 Å². The Morgan fingerprint density at radius 2 is 2.10 bits per heavy atom. The number of hydrogen-bond donors (Lipinski definition) is 3. The predicted octanol–water partition coefficient (Wildman–Crippen LogP) is 3.51. The van der Waals surface area contributed by atoms with Gasteiger partial charge in [-0.25, -0.2) is 14.8 Å². The van der Waals surface area contributed by atoms with Crippen LogP contribution >= 0.6 is 23.2 Å². The van der Waals surface area contributed by atoms with Crippen LogP contribution in [-0.2, 0) is 11.2 Å². The average Bonchev–Trinajstić information content (AvgIpc) is 3.13. The van der Waals surface area contributed by atoms with Crippen LogP contribution in [0.25, 0.3) is 0 Å². The van der Waals surface area contributed by atoms with Gasteiger partial charge in [-0.15, -0.1) is 0 Å². The summed E-state index contributed by atoms with van der Waals surface area (Å²) in [5.74, 6) is -1.11. The minimum absolute atomic E-state index is 0.0574. The van der Waals surface area contributed by atoms with Crippen molar-refractivity contribution >= 4 is 46.5 Å². The van der Waals surface area contributed by atoms with Gasteiger partial charge in [0.15, 0.2) is 11.0 Å². The summed E-state index contributed by atoms with van der Waals surface area (Å²) in [6, 6.07) is 2.77. The molecule has 0 amide bonds.